The lowest BCUT2D eigenvalue weighted by molar-refractivity contribution is 0.0565. The molecule has 1 aromatic carbocycles. The van der Waals surface area contributed by atoms with Crippen LogP contribution in [-0.2, 0) is 11.2 Å². The van der Waals surface area contributed by atoms with E-state index in [1.807, 2.05) is 5.38 Å². The molecule has 2 aromatic rings. The Kier molecular flexibility index (Phi) is 7.31. The topological polar surface area (TPSA) is 110 Å². The molecule has 2 heterocycles. The number of imide groups is 1. The Morgan fingerprint density at radius 2 is 1.97 bits per heavy atom. The third-order valence-electron chi connectivity index (χ3n) is 4.42. The number of nitrogens with two attached hydrogens (primary N) is 1. The van der Waals surface area contributed by atoms with Crippen LogP contribution < -0.4 is 11.1 Å². The molecule has 8 nitrogen and oxygen atoms in total. The van der Waals surface area contributed by atoms with Crippen LogP contribution in [0.15, 0.2) is 34.6 Å². The molecule has 9 heteroatoms. The van der Waals surface area contributed by atoms with Gasteiger partial charge >= 0.3 is 0 Å². The largest absolute Gasteiger partial charge is 0.379 e. The number of hydrogen-bond donors (Lipinski definition) is 2. The Morgan fingerprint density at radius 3 is 2.66 bits per heavy atom. The highest BCUT2D eigenvalue weighted by Gasteiger charge is 2.34. The number of rotatable bonds is 10. The van der Waals surface area contributed by atoms with E-state index in [9.17, 15) is 9.59 Å². The van der Waals surface area contributed by atoms with Gasteiger partial charge in [0.25, 0.3) is 11.8 Å². The summed E-state index contributed by atoms with van der Waals surface area (Å²) in [5.41, 5.74) is 7.63. The minimum Gasteiger partial charge on any atom is -0.379 e. The second kappa shape index (κ2) is 10.1. The fourth-order valence-electron chi connectivity index (χ4n) is 2.86. The first-order chi connectivity index (χ1) is 14.1. The van der Waals surface area contributed by atoms with E-state index in [-0.39, 0.29) is 25.0 Å². The number of guanidine groups is 1. The number of nitrogens with zero attached hydrogens (tertiary/aromatic N) is 3. The summed E-state index contributed by atoms with van der Waals surface area (Å²) in [4.78, 5) is 34.5. The van der Waals surface area contributed by atoms with E-state index in [1.54, 1.807) is 24.3 Å². The van der Waals surface area contributed by atoms with Crippen LogP contribution in [-0.4, -0.2) is 54.0 Å². The third-order valence-corrected chi connectivity index (χ3v) is 5.23. The van der Waals surface area contributed by atoms with Crippen LogP contribution in [0.3, 0.4) is 0 Å². The number of nitrogens with one attached hydrogen (secondary N) is 1. The first kappa shape index (κ1) is 20.9. The van der Waals surface area contributed by atoms with Gasteiger partial charge in [0, 0.05) is 18.3 Å². The van der Waals surface area contributed by atoms with Crippen LogP contribution in [0, 0.1) is 0 Å². The molecule has 29 heavy (non-hydrogen) atoms. The Balaban J connectivity index is 1.38. The van der Waals surface area contributed by atoms with Crippen molar-refractivity contribution in [2.24, 2.45) is 10.7 Å². The predicted octanol–water partition coefficient (Wildman–Crippen LogP) is 2.53. The summed E-state index contributed by atoms with van der Waals surface area (Å²) in [7, 11) is 0. The summed E-state index contributed by atoms with van der Waals surface area (Å²) in [5, 5.41) is 5.63. The SMILES string of the molecule is CCCCN=C(N)Nc1nc(CCOCCN2C(=O)c3ccccc3C2=O)cs1. The second-order valence-electron chi connectivity index (χ2n) is 6.56. The molecular weight excluding hydrogens is 390 g/mol. The van der Waals surface area contributed by atoms with Crippen molar-refractivity contribution in [3.8, 4) is 0 Å². The maximum absolute atomic E-state index is 12.3. The maximum atomic E-state index is 12.3. The quantitative estimate of drug-likeness (QED) is 0.267. The van der Waals surface area contributed by atoms with Gasteiger partial charge in [-0.3, -0.25) is 19.5 Å². The van der Waals surface area contributed by atoms with Crippen LogP contribution in [0.5, 0.6) is 0 Å². The first-order valence-corrected chi connectivity index (χ1v) is 10.5. The van der Waals surface area contributed by atoms with Crippen LogP contribution >= 0.6 is 11.3 Å². The minimum atomic E-state index is -0.261. The molecule has 2 amide bonds. The van der Waals surface area contributed by atoms with Crippen LogP contribution in [0.25, 0.3) is 0 Å². The summed E-state index contributed by atoms with van der Waals surface area (Å²) in [6.07, 6.45) is 2.71. The number of hydrogen-bond acceptors (Lipinski definition) is 6. The number of carbonyl (C=O) groups excluding carboxylic acids is 2. The van der Waals surface area contributed by atoms with Gasteiger partial charge in [-0.1, -0.05) is 25.5 Å². The smallest absolute Gasteiger partial charge is 0.261 e. The molecule has 0 spiro atoms. The fraction of sp³-hybridized carbons (Fsp3) is 0.400. The molecule has 0 bridgehead atoms. The lowest BCUT2D eigenvalue weighted by Crippen LogP contribution is -2.33. The molecule has 0 saturated heterocycles. The van der Waals surface area contributed by atoms with Crippen molar-refractivity contribution in [2.75, 3.05) is 31.6 Å². The maximum Gasteiger partial charge on any atom is 0.261 e. The zero-order valence-corrected chi connectivity index (χ0v) is 17.2. The fourth-order valence-corrected chi connectivity index (χ4v) is 3.61. The highest BCUT2D eigenvalue weighted by molar-refractivity contribution is 7.13. The second-order valence-corrected chi connectivity index (χ2v) is 7.42. The summed E-state index contributed by atoms with van der Waals surface area (Å²) < 4.78 is 5.60. The van der Waals surface area contributed by atoms with Crippen LogP contribution in [0.4, 0.5) is 5.13 Å². The number of fused-ring (bicyclic) bond motifs is 1. The molecule has 1 aliphatic heterocycles. The number of aromatic nitrogens is 1. The molecule has 0 radical (unpaired) electrons. The van der Waals surface area contributed by atoms with Gasteiger partial charge in [0.05, 0.1) is 36.6 Å². The van der Waals surface area contributed by atoms with Crippen molar-refractivity contribution in [1.82, 2.24) is 9.88 Å². The Labute approximate surface area is 173 Å². The van der Waals surface area contributed by atoms with Gasteiger partial charge in [0.2, 0.25) is 0 Å². The van der Waals surface area contributed by atoms with E-state index in [0.717, 1.165) is 18.5 Å². The molecule has 3 N–H and O–H groups in total. The van der Waals surface area contributed by atoms with Gasteiger partial charge < -0.3 is 15.8 Å². The van der Waals surface area contributed by atoms with E-state index >= 15 is 0 Å². The highest BCUT2D eigenvalue weighted by Crippen LogP contribution is 2.22. The average molecular weight is 416 g/mol. The van der Waals surface area contributed by atoms with E-state index in [4.69, 9.17) is 10.5 Å². The molecular formula is C20H25N5O3S. The van der Waals surface area contributed by atoms with Gasteiger partial charge in [-0.15, -0.1) is 11.3 Å². The number of benzene rings is 1. The summed E-state index contributed by atoms with van der Waals surface area (Å²) in [6, 6.07) is 6.86. The summed E-state index contributed by atoms with van der Waals surface area (Å²) in [6.45, 7) is 3.79. The van der Waals surface area contributed by atoms with Crippen molar-refractivity contribution in [3.05, 3.63) is 46.5 Å². The number of carbonyl (C=O) groups is 2. The number of anilines is 1. The van der Waals surface area contributed by atoms with Crippen molar-refractivity contribution in [1.29, 1.82) is 0 Å². The Bertz CT molecular complexity index is 861. The predicted molar refractivity (Wildman–Crippen MR) is 113 cm³/mol. The highest BCUT2D eigenvalue weighted by atomic mass is 32.1. The molecule has 0 fully saturated rings. The van der Waals surface area contributed by atoms with Crippen molar-refractivity contribution < 1.29 is 14.3 Å². The van der Waals surface area contributed by atoms with Gasteiger partial charge in [-0.25, -0.2) is 4.98 Å². The zero-order valence-electron chi connectivity index (χ0n) is 16.4. The van der Waals surface area contributed by atoms with E-state index < -0.39 is 0 Å². The van der Waals surface area contributed by atoms with Gasteiger partial charge in [-0.05, 0) is 18.6 Å². The Morgan fingerprint density at radius 1 is 1.24 bits per heavy atom. The monoisotopic (exact) mass is 415 g/mol. The lowest BCUT2D eigenvalue weighted by Gasteiger charge is -2.13. The van der Waals surface area contributed by atoms with Crippen molar-refractivity contribution >= 4 is 34.2 Å². The molecule has 0 saturated carbocycles. The van der Waals surface area contributed by atoms with Gasteiger partial charge in [0.15, 0.2) is 11.1 Å². The molecule has 154 valence electrons. The molecule has 0 atom stereocenters. The van der Waals surface area contributed by atoms with E-state index in [2.05, 4.69) is 22.2 Å². The Hall–Kier alpha value is -2.78. The standard InChI is InChI=1S/C20H25N5O3S/c1-2-3-9-22-19(21)24-20-23-14(13-29-20)8-11-28-12-10-25-17(26)15-6-4-5-7-16(15)18(25)27/h4-7,13H,2-3,8-12H2,1H3,(H3,21,22,23,24). The van der Waals surface area contributed by atoms with E-state index in [0.29, 0.717) is 41.8 Å². The van der Waals surface area contributed by atoms with Crippen LogP contribution in [0.1, 0.15) is 46.2 Å². The number of thiazole rings is 1. The molecule has 1 aliphatic rings. The zero-order chi connectivity index (χ0) is 20.6. The molecule has 0 aliphatic carbocycles. The molecule has 3 rings (SSSR count). The molecule has 1 aromatic heterocycles. The number of unbranched alkanes of at least 4 members (excludes halogenated alkanes) is 1. The van der Waals surface area contributed by atoms with E-state index in [1.165, 1.54) is 16.2 Å². The summed E-state index contributed by atoms with van der Waals surface area (Å²) in [5.74, 6) is -0.151. The van der Waals surface area contributed by atoms with Gasteiger partial charge in [-0.2, -0.15) is 0 Å². The van der Waals surface area contributed by atoms with Crippen LogP contribution in [0.2, 0.25) is 0 Å². The minimum absolute atomic E-state index is 0.237. The number of ether oxygens (including phenoxy) is 1. The van der Waals surface area contributed by atoms with Gasteiger partial charge in [0.1, 0.15) is 0 Å². The molecule has 0 unspecified atom stereocenters. The van der Waals surface area contributed by atoms with Crippen molar-refractivity contribution in [3.63, 3.8) is 0 Å². The number of amides is 2. The average Bonchev–Trinajstić information content (AvgIpc) is 3.26. The third kappa shape index (κ3) is 5.39. The first-order valence-electron chi connectivity index (χ1n) is 9.64. The normalized spacial score (nSPS) is 13.8. The summed E-state index contributed by atoms with van der Waals surface area (Å²) >= 11 is 1.46. The number of aliphatic imine (C=N–C) groups is 1. The lowest BCUT2D eigenvalue weighted by atomic mass is 10.1. The van der Waals surface area contributed by atoms with Crippen molar-refractivity contribution in [2.45, 2.75) is 26.2 Å².